The standard InChI is InChI=1S/C15H18.C2H6/c1-5-14(9-6-12(2)3)15-10-7-13(4)8-11-15;1-2/h5-11H,1H2,2-4H3;1-2H3/b14-9+;. The van der Waals surface area contributed by atoms with Crippen LogP contribution in [0.3, 0.4) is 0 Å². The largest absolute Gasteiger partial charge is 0.0984 e. The Kier molecular flexibility index (Phi) is 7.79. The number of rotatable bonds is 3. The third kappa shape index (κ3) is 5.91. The number of hydrogen-bond donors (Lipinski definition) is 0. The van der Waals surface area contributed by atoms with E-state index in [4.69, 9.17) is 0 Å². The lowest BCUT2D eigenvalue weighted by molar-refractivity contribution is 1.39. The maximum atomic E-state index is 3.84. The highest BCUT2D eigenvalue weighted by atomic mass is 14.0. The summed E-state index contributed by atoms with van der Waals surface area (Å²) in [6.07, 6.45) is 6.11. The highest BCUT2D eigenvalue weighted by molar-refractivity contribution is 5.74. The topological polar surface area (TPSA) is 0 Å². The van der Waals surface area contributed by atoms with Crippen molar-refractivity contribution in [3.8, 4) is 0 Å². The highest BCUT2D eigenvalue weighted by Crippen LogP contribution is 2.16. The molecule has 0 amide bonds. The molecule has 0 nitrogen and oxygen atoms in total. The van der Waals surface area contributed by atoms with Gasteiger partial charge in [0.1, 0.15) is 0 Å². The molecule has 0 unspecified atom stereocenters. The Hall–Kier alpha value is -1.56. The smallest absolute Gasteiger partial charge is 0.0184 e. The fourth-order valence-electron chi connectivity index (χ4n) is 1.28. The molecule has 1 aromatic carbocycles. The molecule has 92 valence electrons. The van der Waals surface area contributed by atoms with Gasteiger partial charge < -0.3 is 0 Å². The summed E-state index contributed by atoms with van der Waals surface area (Å²) in [5, 5.41) is 0. The summed E-state index contributed by atoms with van der Waals surface area (Å²) >= 11 is 0. The number of aryl methyl sites for hydroxylation is 1. The minimum Gasteiger partial charge on any atom is -0.0984 e. The summed E-state index contributed by atoms with van der Waals surface area (Å²) in [5.74, 6) is 0. The van der Waals surface area contributed by atoms with Crippen molar-refractivity contribution < 1.29 is 0 Å². The van der Waals surface area contributed by atoms with E-state index in [-0.39, 0.29) is 0 Å². The van der Waals surface area contributed by atoms with Gasteiger partial charge in [0, 0.05) is 0 Å². The first-order valence-electron chi connectivity index (χ1n) is 6.18. The molecule has 0 fully saturated rings. The lowest BCUT2D eigenvalue weighted by Gasteiger charge is -2.02. The fraction of sp³-hybridized carbons (Fsp3) is 0.294. The van der Waals surface area contributed by atoms with Crippen LogP contribution in [0.1, 0.15) is 38.8 Å². The Balaban J connectivity index is 0.00000121. The van der Waals surface area contributed by atoms with Crippen LogP contribution in [0.5, 0.6) is 0 Å². The van der Waals surface area contributed by atoms with Crippen LogP contribution >= 0.6 is 0 Å². The summed E-state index contributed by atoms with van der Waals surface area (Å²) in [7, 11) is 0. The van der Waals surface area contributed by atoms with E-state index in [9.17, 15) is 0 Å². The van der Waals surface area contributed by atoms with Gasteiger partial charge in [-0.15, -0.1) is 0 Å². The predicted octanol–water partition coefficient (Wildman–Crippen LogP) is 5.56. The maximum absolute atomic E-state index is 3.84. The molecule has 0 radical (unpaired) electrons. The lowest BCUT2D eigenvalue weighted by Crippen LogP contribution is -1.80. The van der Waals surface area contributed by atoms with Crippen molar-refractivity contribution in [3.05, 3.63) is 65.8 Å². The first-order valence-corrected chi connectivity index (χ1v) is 6.18. The number of allylic oxidation sites excluding steroid dienone is 5. The minimum absolute atomic E-state index is 1.16. The van der Waals surface area contributed by atoms with E-state index in [1.165, 1.54) is 16.7 Å². The Morgan fingerprint density at radius 2 is 1.53 bits per heavy atom. The Bertz CT molecular complexity index is 385. The summed E-state index contributed by atoms with van der Waals surface area (Å²) in [4.78, 5) is 0. The van der Waals surface area contributed by atoms with E-state index >= 15 is 0 Å². The van der Waals surface area contributed by atoms with Crippen molar-refractivity contribution in [1.29, 1.82) is 0 Å². The van der Waals surface area contributed by atoms with Crippen LogP contribution in [0.25, 0.3) is 5.57 Å². The summed E-state index contributed by atoms with van der Waals surface area (Å²) in [5.41, 5.74) is 4.95. The summed E-state index contributed by atoms with van der Waals surface area (Å²) in [6.45, 7) is 14.1. The molecule has 17 heavy (non-hydrogen) atoms. The van der Waals surface area contributed by atoms with Gasteiger partial charge in [0.25, 0.3) is 0 Å². The average molecular weight is 228 g/mol. The molecule has 1 aromatic rings. The number of hydrogen-bond acceptors (Lipinski definition) is 0. The quantitative estimate of drug-likeness (QED) is 0.594. The lowest BCUT2D eigenvalue weighted by atomic mass is 10.0. The second-order valence-corrected chi connectivity index (χ2v) is 3.94. The van der Waals surface area contributed by atoms with Gasteiger partial charge in [0.2, 0.25) is 0 Å². The van der Waals surface area contributed by atoms with Crippen LogP contribution in [-0.4, -0.2) is 0 Å². The molecule has 0 heterocycles. The molecule has 0 saturated carbocycles. The molecule has 0 saturated heterocycles. The Morgan fingerprint density at radius 1 is 1.00 bits per heavy atom. The zero-order chi connectivity index (χ0) is 13.3. The minimum atomic E-state index is 1.16. The van der Waals surface area contributed by atoms with Crippen LogP contribution in [0.15, 0.2) is 54.6 Å². The third-order valence-electron chi connectivity index (χ3n) is 2.20. The van der Waals surface area contributed by atoms with Crippen LogP contribution in [0, 0.1) is 6.92 Å². The van der Waals surface area contributed by atoms with Gasteiger partial charge in [-0.1, -0.05) is 74.1 Å². The number of benzene rings is 1. The van der Waals surface area contributed by atoms with Crippen molar-refractivity contribution in [2.24, 2.45) is 0 Å². The van der Waals surface area contributed by atoms with E-state index in [0.29, 0.717) is 0 Å². The normalized spacial score (nSPS) is 10.1. The van der Waals surface area contributed by atoms with E-state index in [0.717, 1.165) is 5.57 Å². The van der Waals surface area contributed by atoms with Gasteiger partial charge in [-0.05, 0) is 31.9 Å². The van der Waals surface area contributed by atoms with Crippen molar-refractivity contribution in [1.82, 2.24) is 0 Å². The van der Waals surface area contributed by atoms with Crippen molar-refractivity contribution in [3.63, 3.8) is 0 Å². The Morgan fingerprint density at radius 3 is 1.94 bits per heavy atom. The van der Waals surface area contributed by atoms with Crippen molar-refractivity contribution in [2.75, 3.05) is 0 Å². The predicted molar refractivity (Wildman–Crippen MR) is 80.1 cm³/mol. The maximum Gasteiger partial charge on any atom is -0.0184 e. The molecule has 0 spiro atoms. The molecule has 0 N–H and O–H groups in total. The molecule has 0 heteroatoms. The van der Waals surface area contributed by atoms with Crippen LogP contribution in [-0.2, 0) is 0 Å². The van der Waals surface area contributed by atoms with Gasteiger partial charge >= 0.3 is 0 Å². The van der Waals surface area contributed by atoms with Crippen LogP contribution in [0.4, 0.5) is 0 Å². The molecule has 0 aliphatic heterocycles. The second-order valence-electron chi connectivity index (χ2n) is 3.94. The van der Waals surface area contributed by atoms with Gasteiger partial charge in [-0.25, -0.2) is 0 Å². The fourth-order valence-corrected chi connectivity index (χ4v) is 1.28. The first kappa shape index (κ1) is 15.4. The van der Waals surface area contributed by atoms with E-state index < -0.39 is 0 Å². The molecule has 1 rings (SSSR count). The SMILES string of the molecule is C=C/C(=C\C=C(C)C)c1ccc(C)cc1.CC. The van der Waals surface area contributed by atoms with Crippen LogP contribution in [0.2, 0.25) is 0 Å². The molecule has 0 aromatic heterocycles. The summed E-state index contributed by atoms with van der Waals surface area (Å²) in [6, 6.07) is 8.49. The summed E-state index contributed by atoms with van der Waals surface area (Å²) < 4.78 is 0. The van der Waals surface area contributed by atoms with Gasteiger partial charge in [-0.3, -0.25) is 0 Å². The van der Waals surface area contributed by atoms with E-state index in [1.807, 2.05) is 19.9 Å². The van der Waals surface area contributed by atoms with E-state index in [2.05, 4.69) is 63.8 Å². The van der Waals surface area contributed by atoms with Gasteiger partial charge in [0.05, 0.1) is 0 Å². The van der Waals surface area contributed by atoms with Crippen LogP contribution < -0.4 is 0 Å². The molecule has 0 aliphatic carbocycles. The van der Waals surface area contributed by atoms with Crippen molar-refractivity contribution >= 4 is 5.57 Å². The second kappa shape index (κ2) is 8.58. The average Bonchev–Trinajstić information content (AvgIpc) is 2.34. The molecule has 0 atom stereocenters. The highest BCUT2D eigenvalue weighted by Gasteiger charge is 1.95. The first-order chi connectivity index (χ1) is 8.13. The van der Waals surface area contributed by atoms with E-state index in [1.54, 1.807) is 0 Å². The zero-order valence-electron chi connectivity index (χ0n) is 11.7. The van der Waals surface area contributed by atoms with Crippen molar-refractivity contribution in [2.45, 2.75) is 34.6 Å². The third-order valence-corrected chi connectivity index (χ3v) is 2.20. The molecule has 0 aliphatic rings. The molecular formula is C17H24. The Labute approximate surface area is 106 Å². The van der Waals surface area contributed by atoms with Gasteiger partial charge in [0.15, 0.2) is 0 Å². The zero-order valence-corrected chi connectivity index (χ0v) is 11.7. The molecule has 0 bridgehead atoms. The van der Waals surface area contributed by atoms with Gasteiger partial charge in [-0.2, -0.15) is 0 Å². The monoisotopic (exact) mass is 228 g/mol. The molecular weight excluding hydrogens is 204 g/mol.